The van der Waals surface area contributed by atoms with E-state index in [1.165, 1.54) is 24.3 Å². The highest BCUT2D eigenvalue weighted by molar-refractivity contribution is 8.14. The molecule has 0 saturated heterocycles. The molecule has 3 aromatic rings. The van der Waals surface area contributed by atoms with Crippen LogP contribution in [0.2, 0.25) is 0 Å². The molecule has 0 bridgehead atoms. The van der Waals surface area contributed by atoms with Crippen LogP contribution in [0.5, 0.6) is 11.5 Å². The lowest BCUT2D eigenvalue weighted by Gasteiger charge is -2.18. The van der Waals surface area contributed by atoms with Crippen molar-refractivity contribution < 1.29 is 26.3 Å². The molecule has 162 valence electrons. The summed E-state index contributed by atoms with van der Waals surface area (Å²) in [5, 5.41) is 2.17. The van der Waals surface area contributed by atoms with Crippen LogP contribution in [0.3, 0.4) is 0 Å². The second kappa shape index (κ2) is 8.78. The monoisotopic (exact) mass is 490 g/mol. The van der Waals surface area contributed by atoms with Gasteiger partial charge in [-0.2, -0.15) is 0 Å². The summed E-state index contributed by atoms with van der Waals surface area (Å²) in [4.78, 5) is -0.141. The van der Waals surface area contributed by atoms with E-state index in [0.29, 0.717) is 46.3 Å². The van der Waals surface area contributed by atoms with E-state index >= 15 is 0 Å². The average molecular weight is 491 g/mol. The molecule has 0 aliphatic rings. The predicted octanol–water partition coefficient (Wildman–Crippen LogP) is 5.43. The molecule has 0 heterocycles. The van der Waals surface area contributed by atoms with Gasteiger partial charge in [-0.1, -0.05) is 13.8 Å². The molecule has 0 saturated carbocycles. The van der Waals surface area contributed by atoms with E-state index in [4.69, 9.17) is 30.8 Å². The summed E-state index contributed by atoms with van der Waals surface area (Å²) < 4.78 is 59.5. The Morgan fingerprint density at radius 3 is 1.33 bits per heavy atom. The number of hydrogen-bond acceptors (Lipinski definition) is 6. The number of rotatable bonds is 8. The van der Waals surface area contributed by atoms with Crippen LogP contribution in [-0.4, -0.2) is 30.0 Å². The summed E-state index contributed by atoms with van der Waals surface area (Å²) in [7, 11) is 3.17. The van der Waals surface area contributed by atoms with Crippen molar-refractivity contribution >= 4 is 61.0 Å². The molecule has 3 aromatic carbocycles. The summed E-state index contributed by atoms with van der Waals surface area (Å²) in [6, 6.07) is 8.79. The summed E-state index contributed by atoms with van der Waals surface area (Å²) in [5.41, 5.74) is 0. The molecule has 3 rings (SSSR count). The second-order valence-electron chi connectivity index (χ2n) is 6.65. The zero-order chi connectivity index (χ0) is 22.1. The van der Waals surface area contributed by atoms with Crippen LogP contribution in [0.25, 0.3) is 21.5 Å². The first kappa shape index (κ1) is 22.9. The number of ether oxygens (including phenoxy) is 2. The van der Waals surface area contributed by atoms with Crippen molar-refractivity contribution in [2.75, 3.05) is 13.2 Å². The Kier molecular flexibility index (Phi) is 6.72. The maximum atomic E-state index is 11.9. The standard InChI is InChI=1S/C20H20Cl2O6S2/c1-3-9-27-19-15-7-5-14(30(22,25)26)12-18(15)20(28-10-4-2)16-8-6-13(11-17(16)19)29(21,23)24/h5-8,11-12H,3-4,9-10H2,1-2H3. The first-order valence-electron chi connectivity index (χ1n) is 9.26. The third-order valence-electron chi connectivity index (χ3n) is 4.42. The van der Waals surface area contributed by atoms with E-state index in [1.54, 1.807) is 12.1 Å². The summed E-state index contributed by atoms with van der Waals surface area (Å²) >= 11 is 0. The third kappa shape index (κ3) is 4.61. The van der Waals surface area contributed by atoms with Crippen LogP contribution >= 0.6 is 21.4 Å². The molecule has 0 atom stereocenters. The van der Waals surface area contributed by atoms with Crippen LogP contribution in [0.4, 0.5) is 0 Å². The van der Waals surface area contributed by atoms with Crippen molar-refractivity contribution in [1.82, 2.24) is 0 Å². The minimum Gasteiger partial charge on any atom is -0.492 e. The van der Waals surface area contributed by atoms with Gasteiger partial charge in [0.05, 0.1) is 23.0 Å². The summed E-state index contributed by atoms with van der Waals surface area (Å²) in [5.74, 6) is 0.845. The van der Waals surface area contributed by atoms with Gasteiger partial charge in [0.25, 0.3) is 18.1 Å². The maximum Gasteiger partial charge on any atom is 0.261 e. The van der Waals surface area contributed by atoms with E-state index in [2.05, 4.69) is 0 Å². The van der Waals surface area contributed by atoms with E-state index in [-0.39, 0.29) is 9.79 Å². The summed E-state index contributed by atoms with van der Waals surface area (Å²) in [6.45, 7) is 4.64. The molecular formula is C20H20Cl2O6S2. The smallest absolute Gasteiger partial charge is 0.261 e. The Balaban J connectivity index is 2.49. The van der Waals surface area contributed by atoms with Crippen LogP contribution in [0.1, 0.15) is 26.7 Å². The van der Waals surface area contributed by atoms with Crippen LogP contribution in [-0.2, 0) is 18.1 Å². The largest absolute Gasteiger partial charge is 0.492 e. The zero-order valence-electron chi connectivity index (χ0n) is 16.3. The van der Waals surface area contributed by atoms with Gasteiger partial charge in [0.1, 0.15) is 11.5 Å². The molecule has 6 nitrogen and oxygen atoms in total. The van der Waals surface area contributed by atoms with Gasteiger partial charge in [0, 0.05) is 42.9 Å². The quantitative estimate of drug-likeness (QED) is 0.309. The second-order valence-corrected chi connectivity index (χ2v) is 11.8. The Hall–Kier alpha value is -1.74. The molecule has 10 heteroatoms. The lowest BCUT2D eigenvalue weighted by Crippen LogP contribution is -2.02. The van der Waals surface area contributed by atoms with Crippen molar-refractivity contribution in [3.05, 3.63) is 36.4 Å². The van der Waals surface area contributed by atoms with Crippen LogP contribution in [0.15, 0.2) is 46.2 Å². The minimum atomic E-state index is -3.96. The zero-order valence-corrected chi connectivity index (χ0v) is 19.5. The maximum absolute atomic E-state index is 11.9. The Morgan fingerprint density at radius 2 is 1.03 bits per heavy atom. The van der Waals surface area contributed by atoms with Crippen molar-refractivity contribution in [3.8, 4) is 11.5 Å². The first-order chi connectivity index (χ1) is 14.1. The number of benzene rings is 3. The average Bonchev–Trinajstić information content (AvgIpc) is 2.68. The normalized spacial score (nSPS) is 12.4. The summed E-state index contributed by atoms with van der Waals surface area (Å²) in [6.07, 6.45) is 1.44. The van der Waals surface area contributed by atoms with E-state index in [0.717, 1.165) is 12.8 Å². The van der Waals surface area contributed by atoms with E-state index in [1.807, 2.05) is 13.8 Å². The third-order valence-corrected chi connectivity index (χ3v) is 7.13. The Bertz CT molecular complexity index is 1210. The lowest BCUT2D eigenvalue weighted by molar-refractivity contribution is 0.319. The van der Waals surface area contributed by atoms with E-state index < -0.39 is 18.1 Å². The fraction of sp³-hybridized carbons (Fsp3) is 0.300. The fourth-order valence-electron chi connectivity index (χ4n) is 3.13. The number of fused-ring (bicyclic) bond motifs is 2. The predicted molar refractivity (Wildman–Crippen MR) is 119 cm³/mol. The Morgan fingerprint density at radius 1 is 0.667 bits per heavy atom. The van der Waals surface area contributed by atoms with Gasteiger partial charge in [-0.05, 0) is 49.2 Å². The SMILES string of the molecule is CCCOc1c2ccc(S(=O)(=O)Cl)cc2c(OCCC)c2ccc(S(=O)(=O)Cl)cc12. The van der Waals surface area contributed by atoms with Gasteiger partial charge in [-0.15, -0.1) is 0 Å². The molecule has 0 aliphatic heterocycles. The highest BCUT2D eigenvalue weighted by Crippen LogP contribution is 2.44. The molecule has 0 amide bonds. The number of halogens is 2. The molecule has 0 aliphatic carbocycles. The number of hydrogen-bond donors (Lipinski definition) is 0. The van der Waals surface area contributed by atoms with E-state index in [9.17, 15) is 16.8 Å². The van der Waals surface area contributed by atoms with Crippen LogP contribution < -0.4 is 9.47 Å². The molecular weight excluding hydrogens is 471 g/mol. The molecule has 30 heavy (non-hydrogen) atoms. The van der Waals surface area contributed by atoms with Crippen molar-refractivity contribution in [2.24, 2.45) is 0 Å². The molecule has 0 unspecified atom stereocenters. The highest BCUT2D eigenvalue weighted by atomic mass is 35.7. The molecule has 0 radical (unpaired) electrons. The van der Waals surface area contributed by atoms with Crippen molar-refractivity contribution in [2.45, 2.75) is 36.5 Å². The van der Waals surface area contributed by atoms with Crippen molar-refractivity contribution in [3.63, 3.8) is 0 Å². The van der Waals surface area contributed by atoms with Crippen molar-refractivity contribution in [1.29, 1.82) is 0 Å². The minimum absolute atomic E-state index is 0.0706. The van der Waals surface area contributed by atoms with Gasteiger partial charge >= 0.3 is 0 Å². The van der Waals surface area contributed by atoms with Gasteiger partial charge in [0.2, 0.25) is 0 Å². The van der Waals surface area contributed by atoms with Gasteiger partial charge in [-0.25, -0.2) is 16.8 Å². The van der Waals surface area contributed by atoms with Gasteiger partial charge in [-0.3, -0.25) is 0 Å². The lowest BCUT2D eigenvalue weighted by atomic mass is 10.0. The molecule has 0 aromatic heterocycles. The molecule has 0 N–H and O–H groups in total. The first-order valence-corrected chi connectivity index (χ1v) is 13.9. The van der Waals surface area contributed by atoms with Gasteiger partial charge in [0.15, 0.2) is 0 Å². The van der Waals surface area contributed by atoms with Crippen LogP contribution in [0, 0.1) is 0 Å². The fourth-order valence-corrected chi connectivity index (χ4v) is 4.69. The molecule has 0 fully saturated rings. The highest BCUT2D eigenvalue weighted by Gasteiger charge is 2.21. The topological polar surface area (TPSA) is 86.7 Å². The Labute approximate surface area is 184 Å². The van der Waals surface area contributed by atoms with Gasteiger partial charge < -0.3 is 9.47 Å². The molecule has 0 spiro atoms.